The van der Waals surface area contributed by atoms with Crippen molar-refractivity contribution in [1.82, 2.24) is 10.3 Å². The molecule has 1 unspecified atom stereocenters. The van der Waals surface area contributed by atoms with Gasteiger partial charge in [0.15, 0.2) is 0 Å². The summed E-state index contributed by atoms with van der Waals surface area (Å²) in [5, 5.41) is 4.02. The van der Waals surface area contributed by atoms with Crippen molar-refractivity contribution in [2.45, 2.75) is 66.0 Å². The number of rotatable bonds is 10. The fourth-order valence-electron chi connectivity index (χ4n) is 2.07. The molecule has 0 saturated carbocycles. The van der Waals surface area contributed by atoms with E-state index in [9.17, 15) is 0 Å². The fourth-order valence-corrected chi connectivity index (χ4v) is 2.24. The molecule has 1 rings (SSSR count). The minimum atomic E-state index is 0.408. The Kier molecular flexibility index (Phi) is 8.70. The van der Waals surface area contributed by atoms with E-state index in [1.165, 1.54) is 19.3 Å². The zero-order valence-electron chi connectivity index (χ0n) is 13.8. The Labute approximate surface area is 134 Å². The average Bonchev–Trinajstić information content (AvgIpc) is 2.47. The van der Waals surface area contributed by atoms with Gasteiger partial charge < -0.3 is 10.1 Å². The molecule has 0 amide bonds. The first kappa shape index (κ1) is 18.2. The van der Waals surface area contributed by atoms with Gasteiger partial charge in [-0.25, -0.2) is 4.98 Å². The molecule has 0 bridgehead atoms. The molecule has 1 aromatic heterocycles. The van der Waals surface area contributed by atoms with E-state index in [1.807, 2.05) is 12.1 Å². The van der Waals surface area contributed by atoms with Crippen LogP contribution in [-0.4, -0.2) is 17.6 Å². The molecule has 0 aliphatic heterocycles. The third kappa shape index (κ3) is 7.14. The minimum Gasteiger partial charge on any atom is -0.477 e. The van der Waals surface area contributed by atoms with Crippen LogP contribution in [0.15, 0.2) is 12.1 Å². The highest BCUT2D eigenvalue weighted by molar-refractivity contribution is 6.31. The maximum atomic E-state index is 6.18. The summed E-state index contributed by atoms with van der Waals surface area (Å²) in [5.41, 5.74) is 0.851. The third-order valence-electron chi connectivity index (χ3n) is 3.58. The van der Waals surface area contributed by atoms with Crippen LogP contribution in [0, 0.1) is 5.92 Å². The molecule has 4 heteroatoms. The Morgan fingerprint density at radius 3 is 2.67 bits per heavy atom. The van der Waals surface area contributed by atoms with E-state index in [4.69, 9.17) is 16.3 Å². The van der Waals surface area contributed by atoms with Crippen molar-refractivity contribution in [3.8, 4) is 5.88 Å². The summed E-state index contributed by atoms with van der Waals surface area (Å²) in [6, 6.07) is 4.13. The van der Waals surface area contributed by atoms with Crippen LogP contribution in [0.3, 0.4) is 0 Å². The Bertz CT molecular complexity index is 410. The van der Waals surface area contributed by atoms with Gasteiger partial charge in [0.25, 0.3) is 0 Å². The largest absolute Gasteiger partial charge is 0.477 e. The van der Waals surface area contributed by atoms with Crippen LogP contribution in [0.1, 0.15) is 59.1 Å². The fraction of sp³-hybridized carbons (Fsp3) is 0.706. The molecule has 1 N–H and O–H groups in total. The van der Waals surface area contributed by atoms with Gasteiger partial charge in [-0.15, -0.1) is 0 Å². The van der Waals surface area contributed by atoms with Gasteiger partial charge in [0.2, 0.25) is 5.88 Å². The smallest absolute Gasteiger partial charge is 0.213 e. The van der Waals surface area contributed by atoms with Crippen molar-refractivity contribution < 1.29 is 4.74 Å². The molecule has 1 atom stereocenters. The SMILES string of the molecule is CCCCC(CC)COc1ccc(Cl)c(CNC(C)C)n1. The molecule has 0 aliphatic carbocycles. The Hall–Kier alpha value is -0.800. The zero-order chi connectivity index (χ0) is 15.7. The lowest BCUT2D eigenvalue weighted by atomic mass is 10.0. The normalized spacial score (nSPS) is 12.7. The van der Waals surface area contributed by atoms with Crippen molar-refractivity contribution in [1.29, 1.82) is 0 Å². The highest BCUT2D eigenvalue weighted by atomic mass is 35.5. The highest BCUT2D eigenvalue weighted by Gasteiger charge is 2.09. The minimum absolute atomic E-state index is 0.408. The van der Waals surface area contributed by atoms with Gasteiger partial charge in [0.1, 0.15) is 0 Å². The molecule has 21 heavy (non-hydrogen) atoms. The van der Waals surface area contributed by atoms with Crippen LogP contribution in [-0.2, 0) is 6.54 Å². The number of nitrogens with one attached hydrogen (secondary N) is 1. The molecule has 0 aromatic carbocycles. The van der Waals surface area contributed by atoms with Gasteiger partial charge in [-0.1, -0.05) is 58.6 Å². The Morgan fingerprint density at radius 2 is 2.05 bits per heavy atom. The number of hydrogen-bond donors (Lipinski definition) is 1. The monoisotopic (exact) mass is 312 g/mol. The second kappa shape index (κ2) is 10.0. The van der Waals surface area contributed by atoms with Crippen LogP contribution in [0.2, 0.25) is 5.02 Å². The molecule has 0 saturated heterocycles. The summed E-state index contributed by atoms with van der Waals surface area (Å²) >= 11 is 6.18. The molecule has 1 heterocycles. The van der Waals surface area contributed by atoms with Gasteiger partial charge in [-0.2, -0.15) is 0 Å². The van der Waals surface area contributed by atoms with Crippen LogP contribution < -0.4 is 10.1 Å². The lowest BCUT2D eigenvalue weighted by Crippen LogP contribution is -2.22. The second-order valence-electron chi connectivity index (χ2n) is 5.84. The summed E-state index contributed by atoms with van der Waals surface area (Å²) < 4.78 is 5.86. The second-order valence-corrected chi connectivity index (χ2v) is 6.25. The number of hydrogen-bond acceptors (Lipinski definition) is 3. The molecule has 0 aliphatic rings. The van der Waals surface area contributed by atoms with Gasteiger partial charge in [0, 0.05) is 18.7 Å². The first-order chi connectivity index (χ1) is 10.1. The maximum Gasteiger partial charge on any atom is 0.213 e. The standard InChI is InChI=1S/C17H29ClN2O/c1-5-7-8-14(6-2)12-21-17-10-9-15(18)16(20-17)11-19-13(3)4/h9-10,13-14,19H,5-8,11-12H2,1-4H3. The summed E-state index contributed by atoms with van der Waals surface area (Å²) in [5.74, 6) is 1.29. The van der Waals surface area contributed by atoms with Gasteiger partial charge in [0.05, 0.1) is 17.3 Å². The number of unbranched alkanes of at least 4 members (excludes halogenated alkanes) is 1. The first-order valence-electron chi connectivity index (χ1n) is 8.08. The van der Waals surface area contributed by atoms with E-state index in [1.54, 1.807) is 0 Å². The molecule has 120 valence electrons. The maximum absolute atomic E-state index is 6.18. The number of ether oxygens (including phenoxy) is 1. The van der Waals surface area contributed by atoms with Crippen molar-refractivity contribution in [3.05, 3.63) is 22.8 Å². The van der Waals surface area contributed by atoms with Crippen molar-refractivity contribution >= 4 is 11.6 Å². The van der Waals surface area contributed by atoms with Crippen LogP contribution in [0.5, 0.6) is 5.88 Å². The van der Waals surface area contributed by atoms with Gasteiger partial charge in [-0.3, -0.25) is 0 Å². The van der Waals surface area contributed by atoms with E-state index in [-0.39, 0.29) is 0 Å². The molecule has 0 spiro atoms. The van der Waals surface area contributed by atoms with Crippen molar-refractivity contribution in [3.63, 3.8) is 0 Å². The predicted octanol–water partition coefficient (Wildman–Crippen LogP) is 4.83. The van der Waals surface area contributed by atoms with Gasteiger partial charge in [-0.05, 0) is 18.4 Å². The molecule has 0 fully saturated rings. The van der Waals surface area contributed by atoms with Crippen molar-refractivity contribution in [2.24, 2.45) is 5.92 Å². The number of nitrogens with zero attached hydrogens (tertiary/aromatic N) is 1. The third-order valence-corrected chi connectivity index (χ3v) is 3.93. The number of halogens is 1. The first-order valence-corrected chi connectivity index (χ1v) is 8.46. The van der Waals surface area contributed by atoms with Crippen LogP contribution >= 0.6 is 11.6 Å². The van der Waals surface area contributed by atoms with Crippen LogP contribution in [0.4, 0.5) is 0 Å². The van der Waals surface area contributed by atoms with Crippen LogP contribution in [0.25, 0.3) is 0 Å². The summed E-state index contributed by atoms with van der Waals surface area (Å²) in [6.07, 6.45) is 4.87. The van der Waals surface area contributed by atoms with Gasteiger partial charge >= 0.3 is 0 Å². The number of pyridine rings is 1. The van der Waals surface area contributed by atoms with E-state index >= 15 is 0 Å². The zero-order valence-corrected chi connectivity index (χ0v) is 14.5. The van der Waals surface area contributed by atoms with E-state index in [2.05, 4.69) is 38.0 Å². The highest BCUT2D eigenvalue weighted by Crippen LogP contribution is 2.20. The summed E-state index contributed by atoms with van der Waals surface area (Å²) in [6.45, 7) is 10.1. The quantitative estimate of drug-likeness (QED) is 0.672. The summed E-state index contributed by atoms with van der Waals surface area (Å²) in [4.78, 5) is 4.51. The Morgan fingerprint density at radius 1 is 1.29 bits per heavy atom. The molecule has 1 aromatic rings. The van der Waals surface area contributed by atoms with E-state index in [0.717, 1.165) is 18.7 Å². The average molecular weight is 313 g/mol. The summed E-state index contributed by atoms with van der Waals surface area (Å²) in [7, 11) is 0. The molecular formula is C17H29ClN2O. The van der Waals surface area contributed by atoms with Crippen molar-refractivity contribution in [2.75, 3.05) is 6.61 Å². The van der Waals surface area contributed by atoms with E-state index < -0.39 is 0 Å². The molecule has 0 radical (unpaired) electrons. The lowest BCUT2D eigenvalue weighted by Gasteiger charge is -2.16. The molecular weight excluding hydrogens is 284 g/mol. The van der Waals surface area contributed by atoms with E-state index in [0.29, 0.717) is 29.4 Å². The molecule has 3 nitrogen and oxygen atoms in total. The lowest BCUT2D eigenvalue weighted by molar-refractivity contribution is 0.225. The predicted molar refractivity (Wildman–Crippen MR) is 90.0 cm³/mol. The topological polar surface area (TPSA) is 34.1 Å². The Balaban J connectivity index is 2.56. The number of aromatic nitrogens is 1.